The summed E-state index contributed by atoms with van der Waals surface area (Å²) in [6.07, 6.45) is 0. The van der Waals surface area contributed by atoms with Crippen molar-refractivity contribution in [3.63, 3.8) is 0 Å². The fourth-order valence-electron chi connectivity index (χ4n) is 1.64. The van der Waals surface area contributed by atoms with Crippen LogP contribution in [-0.2, 0) is 14.8 Å². The Labute approximate surface area is 117 Å². The van der Waals surface area contributed by atoms with E-state index in [1.54, 1.807) is 20.8 Å². The fraction of sp³-hybridized carbons (Fsp3) is 0.417. The van der Waals surface area contributed by atoms with Crippen molar-refractivity contribution in [2.75, 3.05) is 12.1 Å². The predicted octanol–water partition coefficient (Wildman–Crippen LogP) is 1.05. The van der Waals surface area contributed by atoms with Crippen molar-refractivity contribution < 1.29 is 22.7 Å². The molecule has 0 atom stereocenters. The van der Waals surface area contributed by atoms with E-state index in [4.69, 9.17) is 14.6 Å². The van der Waals surface area contributed by atoms with Crippen LogP contribution < -0.4 is 19.9 Å². The molecule has 1 heterocycles. The van der Waals surface area contributed by atoms with Crippen LogP contribution in [0.25, 0.3) is 0 Å². The lowest BCUT2D eigenvalue weighted by molar-refractivity contribution is -0.123. The summed E-state index contributed by atoms with van der Waals surface area (Å²) in [7, 11) is -4.07. The van der Waals surface area contributed by atoms with Crippen LogP contribution in [0.3, 0.4) is 0 Å². The summed E-state index contributed by atoms with van der Waals surface area (Å²) in [6, 6.07) is 2.95. The second kappa shape index (κ2) is 4.64. The molecule has 0 saturated carbocycles. The van der Waals surface area contributed by atoms with E-state index in [1.165, 1.54) is 12.1 Å². The van der Waals surface area contributed by atoms with Crippen molar-refractivity contribution in [2.24, 2.45) is 10.6 Å². The molecule has 0 fully saturated rings. The van der Waals surface area contributed by atoms with Crippen molar-refractivity contribution in [1.82, 2.24) is 0 Å². The van der Waals surface area contributed by atoms with Crippen LogP contribution in [-0.4, -0.2) is 21.1 Å². The van der Waals surface area contributed by atoms with Crippen molar-refractivity contribution in [3.8, 4) is 11.5 Å². The highest BCUT2D eigenvalue weighted by molar-refractivity contribution is 7.89. The van der Waals surface area contributed by atoms with Gasteiger partial charge in [0.25, 0.3) is 0 Å². The maximum atomic E-state index is 12.0. The molecule has 0 spiro atoms. The summed E-state index contributed by atoms with van der Waals surface area (Å²) in [5.41, 5.74) is -0.594. The molecule has 1 aliphatic rings. The maximum Gasteiger partial charge on any atom is 0.243 e. The van der Waals surface area contributed by atoms with Crippen LogP contribution in [0.1, 0.15) is 20.8 Å². The molecule has 7 nitrogen and oxygen atoms in total. The minimum absolute atomic E-state index is 0.0270. The van der Waals surface area contributed by atoms with E-state index in [2.05, 4.69) is 5.32 Å². The Kier molecular flexibility index (Phi) is 3.39. The SMILES string of the molecule is CC(C)(C)C(=O)Nc1ccc2c(c1S(N)(=O)=O)OCO2. The van der Waals surface area contributed by atoms with Gasteiger partial charge in [-0.15, -0.1) is 0 Å². The summed E-state index contributed by atoms with van der Waals surface area (Å²) < 4.78 is 33.7. The van der Waals surface area contributed by atoms with Gasteiger partial charge in [0, 0.05) is 5.41 Å². The number of nitrogens with two attached hydrogens (primary N) is 1. The smallest absolute Gasteiger partial charge is 0.243 e. The van der Waals surface area contributed by atoms with Gasteiger partial charge in [0.15, 0.2) is 16.4 Å². The molecule has 110 valence electrons. The van der Waals surface area contributed by atoms with Gasteiger partial charge < -0.3 is 14.8 Å². The van der Waals surface area contributed by atoms with Crippen LogP contribution in [0.5, 0.6) is 11.5 Å². The number of anilines is 1. The molecular formula is C12H16N2O5S. The first-order chi connectivity index (χ1) is 9.10. The number of fused-ring (bicyclic) bond motifs is 1. The van der Waals surface area contributed by atoms with Crippen molar-refractivity contribution in [1.29, 1.82) is 0 Å². The van der Waals surface area contributed by atoms with Gasteiger partial charge in [-0.25, -0.2) is 13.6 Å². The molecule has 0 aliphatic carbocycles. The topological polar surface area (TPSA) is 108 Å². The number of ether oxygens (including phenoxy) is 2. The third kappa shape index (κ3) is 2.70. The normalized spacial score (nSPS) is 14.2. The van der Waals surface area contributed by atoms with Gasteiger partial charge in [-0.3, -0.25) is 4.79 Å². The zero-order chi connectivity index (χ0) is 15.1. The number of hydrogen-bond donors (Lipinski definition) is 2. The van der Waals surface area contributed by atoms with Crippen molar-refractivity contribution >= 4 is 21.6 Å². The minimum atomic E-state index is -4.07. The Morgan fingerprint density at radius 3 is 2.50 bits per heavy atom. The summed E-state index contributed by atoms with van der Waals surface area (Å²) in [4.78, 5) is 11.7. The Balaban J connectivity index is 2.53. The van der Waals surface area contributed by atoms with Crippen LogP contribution in [0.4, 0.5) is 5.69 Å². The third-order valence-electron chi connectivity index (χ3n) is 2.71. The first-order valence-electron chi connectivity index (χ1n) is 5.87. The van der Waals surface area contributed by atoms with Gasteiger partial charge in [0.2, 0.25) is 22.7 Å². The van der Waals surface area contributed by atoms with Gasteiger partial charge in [-0.05, 0) is 12.1 Å². The number of carbonyl (C=O) groups is 1. The number of rotatable bonds is 2. The highest BCUT2D eigenvalue weighted by Crippen LogP contribution is 2.42. The van der Waals surface area contributed by atoms with E-state index in [-0.39, 0.29) is 34.8 Å². The summed E-state index contributed by atoms with van der Waals surface area (Å²) in [5, 5.41) is 7.75. The lowest BCUT2D eigenvalue weighted by atomic mass is 9.95. The average Bonchev–Trinajstić information content (AvgIpc) is 2.73. The second-order valence-corrected chi connectivity index (χ2v) is 6.92. The lowest BCUT2D eigenvalue weighted by Crippen LogP contribution is -2.29. The third-order valence-corrected chi connectivity index (χ3v) is 3.68. The molecule has 0 aromatic heterocycles. The van der Waals surface area contributed by atoms with E-state index in [0.29, 0.717) is 0 Å². The van der Waals surface area contributed by atoms with E-state index >= 15 is 0 Å². The van der Waals surface area contributed by atoms with E-state index in [1.807, 2.05) is 0 Å². The molecule has 20 heavy (non-hydrogen) atoms. The molecule has 8 heteroatoms. The number of primary sulfonamides is 1. The number of benzene rings is 1. The predicted molar refractivity (Wildman–Crippen MR) is 72.0 cm³/mol. The second-order valence-electron chi connectivity index (χ2n) is 5.43. The first kappa shape index (κ1) is 14.6. The summed E-state index contributed by atoms with van der Waals surface area (Å²) in [6.45, 7) is 5.05. The Morgan fingerprint density at radius 1 is 1.30 bits per heavy atom. The number of hydrogen-bond acceptors (Lipinski definition) is 5. The minimum Gasteiger partial charge on any atom is -0.454 e. The van der Waals surface area contributed by atoms with Gasteiger partial charge in [0.1, 0.15) is 0 Å². The van der Waals surface area contributed by atoms with E-state index < -0.39 is 15.4 Å². The monoisotopic (exact) mass is 300 g/mol. The highest BCUT2D eigenvalue weighted by Gasteiger charge is 2.30. The van der Waals surface area contributed by atoms with Gasteiger partial charge in [-0.2, -0.15) is 0 Å². The van der Waals surface area contributed by atoms with Gasteiger partial charge in [-0.1, -0.05) is 20.8 Å². The molecular weight excluding hydrogens is 284 g/mol. The lowest BCUT2D eigenvalue weighted by Gasteiger charge is -2.19. The Morgan fingerprint density at radius 2 is 1.95 bits per heavy atom. The Bertz CT molecular complexity index is 661. The largest absolute Gasteiger partial charge is 0.454 e. The molecule has 1 aliphatic heterocycles. The molecule has 0 radical (unpaired) electrons. The molecule has 1 aromatic carbocycles. The molecule has 0 unspecified atom stereocenters. The van der Waals surface area contributed by atoms with Gasteiger partial charge in [0.05, 0.1) is 5.69 Å². The van der Waals surface area contributed by atoms with Crippen LogP contribution >= 0.6 is 0 Å². The molecule has 2 rings (SSSR count). The van der Waals surface area contributed by atoms with Crippen molar-refractivity contribution in [3.05, 3.63) is 12.1 Å². The van der Waals surface area contributed by atoms with E-state index in [0.717, 1.165) is 0 Å². The molecule has 0 saturated heterocycles. The number of amides is 1. The molecule has 1 amide bonds. The van der Waals surface area contributed by atoms with Crippen LogP contribution in [0.15, 0.2) is 17.0 Å². The zero-order valence-corrected chi connectivity index (χ0v) is 12.2. The summed E-state index contributed by atoms with van der Waals surface area (Å²) in [5.74, 6) is -0.0248. The molecule has 3 N–H and O–H groups in total. The summed E-state index contributed by atoms with van der Waals surface area (Å²) >= 11 is 0. The standard InChI is InChI=1S/C12H16N2O5S/c1-12(2,3)11(15)14-7-4-5-8-9(19-6-18-8)10(7)20(13,16)17/h4-5H,6H2,1-3H3,(H,14,15)(H2,13,16,17). The fourth-order valence-corrected chi connectivity index (χ4v) is 2.48. The maximum absolute atomic E-state index is 12.0. The zero-order valence-electron chi connectivity index (χ0n) is 11.4. The van der Waals surface area contributed by atoms with Crippen molar-refractivity contribution in [2.45, 2.75) is 25.7 Å². The van der Waals surface area contributed by atoms with Gasteiger partial charge >= 0.3 is 0 Å². The number of nitrogens with one attached hydrogen (secondary N) is 1. The van der Waals surface area contributed by atoms with E-state index in [9.17, 15) is 13.2 Å². The number of carbonyl (C=O) groups excluding carboxylic acids is 1. The quantitative estimate of drug-likeness (QED) is 0.848. The highest BCUT2D eigenvalue weighted by atomic mass is 32.2. The average molecular weight is 300 g/mol. The van der Waals surface area contributed by atoms with Crippen LogP contribution in [0.2, 0.25) is 0 Å². The number of sulfonamides is 1. The molecule has 0 bridgehead atoms. The Hall–Kier alpha value is -1.80. The molecule has 1 aromatic rings. The first-order valence-corrected chi connectivity index (χ1v) is 7.42. The van der Waals surface area contributed by atoms with Crippen LogP contribution in [0, 0.1) is 5.41 Å².